The highest BCUT2D eigenvalue weighted by molar-refractivity contribution is 7.89. The summed E-state index contributed by atoms with van der Waals surface area (Å²) in [6.45, 7) is 5.33. The molecule has 90 valence electrons. The van der Waals surface area contributed by atoms with E-state index in [1.807, 2.05) is 0 Å². The van der Waals surface area contributed by atoms with Crippen molar-refractivity contribution in [3.63, 3.8) is 0 Å². The van der Waals surface area contributed by atoms with E-state index < -0.39 is 10.0 Å². The first kappa shape index (κ1) is 12.9. The van der Waals surface area contributed by atoms with E-state index in [0.717, 1.165) is 25.6 Å². The second kappa shape index (κ2) is 5.82. The number of hydrogen-bond acceptors (Lipinski definition) is 3. The van der Waals surface area contributed by atoms with Gasteiger partial charge in [0.1, 0.15) is 0 Å². The van der Waals surface area contributed by atoms with Gasteiger partial charge in [-0.05, 0) is 44.8 Å². The van der Waals surface area contributed by atoms with Gasteiger partial charge in [-0.2, -0.15) is 0 Å². The Morgan fingerprint density at radius 1 is 1.33 bits per heavy atom. The Hall–Kier alpha value is -0.130. The summed E-state index contributed by atoms with van der Waals surface area (Å²) in [6.07, 6.45) is 4.44. The molecule has 0 amide bonds. The molecule has 15 heavy (non-hydrogen) atoms. The second-order valence-corrected chi connectivity index (χ2v) is 6.15. The number of sulfonamides is 1. The summed E-state index contributed by atoms with van der Waals surface area (Å²) in [5, 5.41) is 4.95. The molecule has 0 spiro atoms. The number of rotatable bonds is 5. The minimum absolute atomic E-state index is 0.112. The van der Waals surface area contributed by atoms with Crippen LogP contribution in [0.4, 0.5) is 0 Å². The molecule has 0 aromatic rings. The van der Waals surface area contributed by atoms with E-state index in [2.05, 4.69) is 11.8 Å². The fourth-order valence-corrected chi connectivity index (χ4v) is 2.64. The largest absolute Gasteiger partial charge is 0.303 e. The zero-order chi connectivity index (χ0) is 11.3. The Morgan fingerprint density at radius 2 is 1.93 bits per heavy atom. The second-order valence-electron chi connectivity index (χ2n) is 4.41. The number of nitrogens with zero attached hydrogens (tertiary/aromatic N) is 1. The molecule has 1 saturated heterocycles. The van der Waals surface area contributed by atoms with Gasteiger partial charge in [0.15, 0.2) is 0 Å². The van der Waals surface area contributed by atoms with Crippen molar-refractivity contribution in [3.8, 4) is 0 Å². The molecule has 0 aromatic carbocycles. The normalized spacial score (nSPS) is 20.7. The molecule has 0 aromatic heterocycles. The summed E-state index contributed by atoms with van der Waals surface area (Å²) in [5.41, 5.74) is 0. The summed E-state index contributed by atoms with van der Waals surface area (Å²) >= 11 is 0. The van der Waals surface area contributed by atoms with Crippen LogP contribution in [0.15, 0.2) is 0 Å². The van der Waals surface area contributed by atoms with Crippen LogP contribution in [0.25, 0.3) is 0 Å². The van der Waals surface area contributed by atoms with Crippen molar-refractivity contribution in [3.05, 3.63) is 0 Å². The molecule has 0 unspecified atom stereocenters. The van der Waals surface area contributed by atoms with Gasteiger partial charge in [-0.25, -0.2) is 13.6 Å². The van der Waals surface area contributed by atoms with Gasteiger partial charge in [0.2, 0.25) is 10.0 Å². The lowest BCUT2D eigenvalue weighted by atomic mass is 9.94. The van der Waals surface area contributed by atoms with Gasteiger partial charge in [-0.15, -0.1) is 0 Å². The fourth-order valence-electron chi connectivity index (χ4n) is 2.11. The van der Waals surface area contributed by atoms with E-state index >= 15 is 0 Å². The minimum atomic E-state index is -3.27. The molecular weight excluding hydrogens is 212 g/mol. The molecular formula is C10H22N2O2S. The van der Waals surface area contributed by atoms with E-state index in [4.69, 9.17) is 5.14 Å². The van der Waals surface area contributed by atoms with Gasteiger partial charge in [-0.3, -0.25) is 0 Å². The molecule has 0 aliphatic carbocycles. The van der Waals surface area contributed by atoms with Crippen LogP contribution in [-0.2, 0) is 10.0 Å². The predicted molar refractivity (Wildman–Crippen MR) is 62.0 cm³/mol. The van der Waals surface area contributed by atoms with Gasteiger partial charge in [-0.1, -0.05) is 13.3 Å². The summed E-state index contributed by atoms with van der Waals surface area (Å²) in [6, 6.07) is 0. The molecule has 1 heterocycles. The zero-order valence-electron chi connectivity index (χ0n) is 9.48. The molecule has 5 heteroatoms. The van der Waals surface area contributed by atoms with Crippen LogP contribution in [0.5, 0.6) is 0 Å². The standard InChI is InChI=1S/C10H22N2O2S/c1-2-10-4-7-12(8-5-10)6-3-9-15(11,13)14/h10H,2-9H2,1H3,(H2,11,13,14). The number of likely N-dealkylation sites (tertiary alicyclic amines) is 1. The third kappa shape index (κ3) is 5.49. The first-order valence-corrected chi connectivity index (χ1v) is 7.45. The van der Waals surface area contributed by atoms with Gasteiger partial charge in [0, 0.05) is 0 Å². The first-order valence-electron chi connectivity index (χ1n) is 5.74. The third-order valence-corrected chi connectivity index (χ3v) is 4.05. The molecule has 4 nitrogen and oxygen atoms in total. The van der Waals surface area contributed by atoms with Crippen molar-refractivity contribution in [2.45, 2.75) is 32.6 Å². The van der Waals surface area contributed by atoms with Crippen molar-refractivity contribution >= 4 is 10.0 Å². The number of primary sulfonamides is 1. The Bertz CT molecular complexity index is 269. The van der Waals surface area contributed by atoms with E-state index in [9.17, 15) is 8.42 Å². The van der Waals surface area contributed by atoms with Crippen molar-refractivity contribution in [2.24, 2.45) is 11.1 Å². The predicted octanol–water partition coefficient (Wildman–Crippen LogP) is 0.787. The van der Waals surface area contributed by atoms with Crippen molar-refractivity contribution in [1.29, 1.82) is 0 Å². The highest BCUT2D eigenvalue weighted by atomic mass is 32.2. The quantitative estimate of drug-likeness (QED) is 0.765. The third-order valence-electron chi connectivity index (χ3n) is 3.19. The van der Waals surface area contributed by atoms with E-state index in [1.165, 1.54) is 19.3 Å². The lowest BCUT2D eigenvalue weighted by Gasteiger charge is -2.31. The molecule has 1 aliphatic rings. The van der Waals surface area contributed by atoms with Crippen LogP contribution in [0.3, 0.4) is 0 Å². The smallest absolute Gasteiger partial charge is 0.209 e. The lowest BCUT2D eigenvalue weighted by Crippen LogP contribution is -2.35. The molecule has 2 N–H and O–H groups in total. The maximum Gasteiger partial charge on any atom is 0.209 e. The Kier molecular flexibility index (Phi) is 5.02. The fraction of sp³-hybridized carbons (Fsp3) is 1.00. The molecule has 1 aliphatic heterocycles. The van der Waals surface area contributed by atoms with Gasteiger partial charge in [0.05, 0.1) is 5.75 Å². The van der Waals surface area contributed by atoms with Crippen LogP contribution in [0.2, 0.25) is 0 Å². The number of nitrogens with two attached hydrogens (primary N) is 1. The van der Waals surface area contributed by atoms with Crippen LogP contribution < -0.4 is 5.14 Å². The van der Waals surface area contributed by atoms with Crippen LogP contribution in [-0.4, -0.2) is 38.7 Å². The van der Waals surface area contributed by atoms with E-state index in [0.29, 0.717) is 6.42 Å². The van der Waals surface area contributed by atoms with Crippen molar-refractivity contribution in [2.75, 3.05) is 25.4 Å². The summed E-state index contributed by atoms with van der Waals surface area (Å²) in [4.78, 5) is 2.34. The summed E-state index contributed by atoms with van der Waals surface area (Å²) < 4.78 is 21.5. The highest BCUT2D eigenvalue weighted by Gasteiger charge is 2.17. The molecule has 1 fully saturated rings. The van der Waals surface area contributed by atoms with E-state index in [1.54, 1.807) is 0 Å². The highest BCUT2D eigenvalue weighted by Crippen LogP contribution is 2.19. The first-order chi connectivity index (χ1) is 7.01. The van der Waals surface area contributed by atoms with Crippen LogP contribution in [0, 0.1) is 5.92 Å². The van der Waals surface area contributed by atoms with Crippen molar-refractivity contribution in [1.82, 2.24) is 4.90 Å². The van der Waals surface area contributed by atoms with Crippen LogP contribution in [0.1, 0.15) is 32.6 Å². The molecule has 0 radical (unpaired) electrons. The van der Waals surface area contributed by atoms with Gasteiger partial charge < -0.3 is 4.90 Å². The van der Waals surface area contributed by atoms with Crippen LogP contribution >= 0.6 is 0 Å². The summed E-state index contributed by atoms with van der Waals surface area (Å²) in [7, 11) is -3.27. The maximum absolute atomic E-state index is 10.7. The molecule has 0 bridgehead atoms. The maximum atomic E-state index is 10.7. The average Bonchev–Trinajstić information content (AvgIpc) is 2.17. The Balaban J connectivity index is 2.14. The number of hydrogen-bond donors (Lipinski definition) is 1. The average molecular weight is 234 g/mol. The Morgan fingerprint density at radius 3 is 2.40 bits per heavy atom. The molecule has 0 atom stereocenters. The SMILES string of the molecule is CCC1CCN(CCCS(N)(=O)=O)CC1. The van der Waals surface area contributed by atoms with E-state index in [-0.39, 0.29) is 5.75 Å². The molecule has 1 rings (SSSR count). The zero-order valence-corrected chi connectivity index (χ0v) is 10.3. The minimum Gasteiger partial charge on any atom is -0.303 e. The monoisotopic (exact) mass is 234 g/mol. The lowest BCUT2D eigenvalue weighted by molar-refractivity contribution is 0.182. The van der Waals surface area contributed by atoms with Gasteiger partial charge >= 0.3 is 0 Å². The van der Waals surface area contributed by atoms with Crippen molar-refractivity contribution < 1.29 is 8.42 Å². The van der Waals surface area contributed by atoms with Gasteiger partial charge in [0.25, 0.3) is 0 Å². The molecule has 0 saturated carbocycles. The topological polar surface area (TPSA) is 63.4 Å². The Labute approximate surface area is 92.9 Å². The number of piperidine rings is 1. The summed E-state index contributed by atoms with van der Waals surface area (Å²) in [5.74, 6) is 0.986.